The number of ether oxygens (including phenoxy) is 1. The number of benzene rings is 2. The summed E-state index contributed by atoms with van der Waals surface area (Å²) in [6.45, 7) is 5.32. The molecule has 8 heteroatoms. The van der Waals surface area contributed by atoms with Gasteiger partial charge in [-0.2, -0.15) is 4.31 Å². The van der Waals surface area contributed by atoms with E-state index in [-0.39, 0.29) is 16.6 Å². The maximum Gasteiger partial charge on any atom is 0.287 e. The smallest absolute Gasteiger partial charge is 0.287 e. The summed E-state index contributed by atoms with van der Waals surface area (Å²) in [5.74, 6) is 1.14. The molecule has 1 amide bonds. The summed E-state index contributed by atoms with van der Waals surface area (Å²) >= 11 is 0. The van der Waals surface area contributed by atoms with E-state index in [2.05, 4.69) is 12.2 Å². The van der Waals surface area contributed by atoms with Gasteiger partial charge >= 0.3 is 0 Å². The van der Waals surface area contributed by atoms with Gasteiger partial charge in [-0.25, -0.2) is 8.42 Å². The highest BCUT2D eigenvalue weighted by Gasteiger charge is 2.29. The molecule has 1 aliphatic heterocycles. The normalized spacial score (nSPS) is 15.7. The summed E-state index contributed by atoms with van der Waals surface area (Å²) in [4.78, 5) is 13.0. The quantitative estimate of drug-likeness (QED) is 0.603. The van der Waals surface area contributed by atoms with Crippen LogP contribution in [0.4, 0.5) is 0 Å². The van der Waals surface area contributed by atoms with E-state index in [0.717, 1.165) is 24.2 Å². The highest BCUT2D eigenvalue weighted by Crippen LogP contribution is 2.30. The first kappa shape index (κ1) is 22.4. The molecule has 1 aliphatic rings. The first-order valence-electron chi connectivity index (χ1n) is 10.7. The maximum absolute atomic E-state index is 13.1. The Morgan fingerprint density at radius 1 is 1.16 bits per heavy atom. The van der Waals surface area contributed by atoms with Gasteiger partial charge in [-0.1, -0.05) is 19.1 Å². The van der Waals surface area contributed by atoms with Gasteiger partial charge in [0.1, 0.15) is 11.3 Å². The molecule has 0 saturated carbocycles. The Morgan fingerprint density at radius 2 is 1.84 bits per heavy atom. The molecule has 0 unspecified atom stereocenters. The first-order chi connectivity index (χ1) is 15.3. The Bertz CT molecular complexity index is 1220. The minimum Gasteiger partial charge on any atom is -0.497 e. The molecule has 0 atom stereocenters. The number of sulfonamides is 1. The molecule has 1 aromatic heterocycles. The second-order valence-corrected chi connectivity index (χ2v) is 10.3. The van der Waals surface area contributed by atoms with Crippen LogP contribution in [0.1, 0.15) is 41.4 Å². The zero-order valence-electron chi connectivity index (χ0n) is 18.6. The second kappa shape index (κ2) is 8.96. The van der Waals surface area contributed by atoms with Crippen molar-refractivity contribution in [1.29, 1.82) is 0 Å². The maximum atomic E-state index is 13.1. The molecular formula is C24H28N2O5S. The molecule has 0 bridgehead atoms. The number of amides is 1. The molecule has 0 aliphatic carbocycles. The molecule has 32 heavy (non-hydrogen) atoms. The van der Waals surface area contributed by atoms with Gasteiger partial charge in [0.2, 0.25) is 10.0 Å². The van der Waals surface area contributed by atoms with Crippen LogP contribution < -0.4 is 10.1 Å². The van der Waals surface area contributed by atoms with Crippen molar-refractivity contribution in [2.75, 3.05) is 20.2 Å². The van der Waals surface area contributed by atoms with Gasteiger partial charge in [0, 0.05) is 30.6 Å². The number of aryl methyl sites for hydroxylation is 1. The zero-order valence-corrected chi connectivity index (χ0v) is 19.4. The molecule has 2 aromatic carbocycles. The van der Waals surface area contributed by atoms with Crippen LogP contribution in [0, 0.1) is 12.8 Å². The van der Waals surface area contributed by atoms with Crippen molar-refractivity contribution >= 4 is 26.9 Å². The van der Waals surface area contributed by atoms with Gasteiger partial charge in [0.05, 0.1) is 12.0 Å². The predicted molar refractivity (Wildman–Crippen MR) is 122 cm³/mol. The summed E-state index contributed by atoms with van der Waals surface area (Å²) < 4.78 is 38.7. The van der Waals surface area contributed by atoms with E-state index in [9.17, 15) is 13.2 Å². The van der Waals surface area contributed by atoms with Crippen LogP contribution in [-0.2, 0) is 16.6 Å². The predicted octanol–water partition coefficient (Wildman–Crippen LogP) is 4.10. The molecular weight excluding hydrogens is 428 g/mol. The molecule has 2 heterocycles. The van der Waals surface area contributed by atoms with Crippen LogP contribution in [0.2, 0.25) is 0 Å². The van der Waals surface area contributed by atoms with Crippen LogP contribution in [0.3, 0.4) is 0 Å². The molecule has 3 aromatic rings. The second-order valence-electron chi connectivity index (χ2n) is 8.33. The molecule has 1 fully saturated rings. The first-order valence-corrected chi connectivity index (χ1v) is 12.2. The standard InChI is InChI=1S/C24H28N2O5S/c1-16-10-12-26(13-11-16)32(28,29)20-8-9-22-21(14-20)17(2)23(31-22)24(27)25-15-18-4-6-19(30-3)7-5-18/h4-9,14,16H,10-13,15H2,1-3H3,(H,25,27). The number of nitrogens with one attached hydrogen (secondary N) is 1. The van der Waals surface area contributed by atoms with E-state index in [4.69, 9.17) is 9.15 Å². The van der Waals surface area contributed by atoms with Crippen LogP contribution in [0.15, 0.2) is 51.8 Å². The third kappa shape index (κ3) is 4.38. The van der Waals surface area contributed by atoms with Crippen LogP contribution >= 0.6 is 0 Å². The Morgan fingerprint density at radius 3 is 2.50 bits per heavy atom. The fourth-order valence-electron chi connectivity index (χ4n) is 3.96. The van der Waals surface area contributed by atoms with E-state index < -0.39 is 10.0 Å². The fraction of sp³-hybridized carbons (Fsp3) is 0.375. The number of carbonyl (C=O) groups excluding carboxylic acids is 1. The SMILES string of the molecule is COc1ccc(CNC(=O)c2oc3ccc(S(=O)(=O)N4CCC(C)CC4)cc3c2C)cc1. The summed E-state index contributed by atoms with van der Waals surface area (Å²) in [6, 6.07) is 12.2. The highest BCUT2D eigenvalue weighted by molar-refractivity contribution is 7.89. The zero-order chi connectivity index (χ0) is 22.9. The van der Waals surface area contributed by atoms with Crippen LogP contribution in [0.5, 0.6) is 5.75 Å². The van der Waals surface area contributed by atoms with Crippen LogP contribution in [0.25, 0.3) is 11.0 Å². The number of piperidine rings is 1. The average molecular weight is 457 g/mol. The number of hydrogen-bond acceptors (Lipinski definition) is 5. The fourth-order valence-corrected chi connectivity index (χ4v) is 5.45. The monoisotopic (exact) mass is 456 g/mol. The van der Waals surface area contributed by atoms with E-state index in [0.29, 0.717) is 42.1 Å². The largest absolute Gasteiger partial charge is 0.497 e. The average Bonchev–Trinajstić information content (AvgIpc) is 3.14. The number of hydrogen-bond donors (Lipinski definition) is 1. The Balaban J connectivity index is 1.54. The third-order valence-corrected chi connectivity index (χ3v) is 8.00. The summed E-state index contributed by atoms with van der Waals surface area (Å²) in [6.07, 6.45) is 1.73. The molecule has 1 N–H and O–H groups in total. The van der Waals surface area contributed by atoms with Gasteiger partial charge in [-0.15, -0.1) is 0 Å². The summed E-state index contributed by atoms with van der Waals surface area (Å²) in [5, 5.41) is 3.49. The van der Waals surface area contributed by atoms with Gasteiger partial charge in [0.25, 0.3) is 5.91 Å². The summed E-state index contributed by atoms with van der Waals surface area (Å²) in [5.41, 5.74) is 2.04. The molecule has 4 rings (SSSR count). The van der Waals surface area contributed by atoms with Gasteiger partial charge < -0.3 is 14.5 Å². The Kier molecular flexibility index (Phi) is 6.26. The lowest BCUT2D eigenvalue weighted by atomic mass is 10.0. The van der Waals surface area contributed by atoms with Crippen molar-refractivity contribution in [3.8, 4) is 5.75 Å². The van der Waals surface area contributed by atoms with Crippen molar-refractivity contribution < 1.29 is 22.4 Å². The van der Waals surface area contributed by atoms with Crippen LogP contribution in [-0.4, -0.2) is 38.8 Å². The lowest BCUT2D eigenvalue weighted by molar-refractivity contribution is 0.0924. The van der Waals surface area contributed by atoms with E-state index in [1.165, 1.54) is 0 Å². The van der Waals surface area contributed by atoms with E-state index in [1.54, 1.807) is 36.5 Å². The third-order valence-electron chi connectivity index (χ3n) is 6.11. The number of carbonyl (C=O) groups is 1. The minimum atomic E-state index is -3.58. The van der Waals surface area contributed by atoms with E-state index in [1.807, 2.05) is 24.3 Å². The molecule has 1 saturated heterocycles. The lowest BCUT2D eigenvalue weighted by Crippen LogP contribution is -2.37. The lowest BCUT2D eigenvalue weighted by Gasteiger charge is -2.29. The van der Waals surface area contributed by atoms with Gasteiger partial charge in [-0.05, 0) is 61.6 Å². The number of methoxy groups -OCH3 is 1. The molecule has 0 radical (unpaired) electrons. The van der Waals surface area contributed by atoms with Crippen molar-refractivity contribution in [2.24, 2.45) is 5.92 Å². The number of rotatable bonds is 6. The van der Waals surface area contributed by atoms with Crippen molar-refractivity contribution in [2.45, 2.75) is 38.1 Å². The Hall–Kier alpha value is -2.84. The van der Waals surface area contributed by atoms with Crippen molar-refractivity contribution in [3.63, 3.8) is 0 Å². The van der Waals surface area contributed by atoms with Gasteiger partial charge in [0.15, 0.2) is 5.76 Å². The summed E-state index contributed by atoms with van der Waals surface area (Å²) in [7, 11) is -1.97. The number of fused-ring (bicyclic) bond motifs is 1. The topological polar surface area (TPSA) is 88.8 Å². The van der Waals surface area contributed by atoms with Crippen molar-refractivity contribution in [1.82, 2.24) is 9.62 Å². The van der Waals surface area contributed by atoms with E-state index >= 15 is 0 Å². The number of nitrogens with zero attached hydrogens (tertiary/aromatic N) is 1. The molecule has 170 valence electrons. The molecule has 7 nitrogen and oxygen atoms in total. The van der Waals surface area contributed by atoms with Gasteiger partial charge in [-0.3, -0.25) is 4.79 Å². The highest BCUT2D eigenvalue weighted by atomic mass is 32.2. The van der Waals surface area contributed by atoms with Crippen molar-refractivity contribution in [3.05, 3.63) is 59.4 Å². The Labute approximate surface area is 188 Å². The minimum absolute atomic E-state index is 0.190. The number of furan rings is 1. The molecule has 0 spiro atoms.